The molecule has 4 rings (SSSR count). The van der Waals surface area contributed by atoms with E-state index in [-0.39, 0.29) is 38.1 Å². The van der Waals surface area contributed by atoms with Crippen LogP contribution < -0.4 is 5.32 Å². The van der Waals surface area contributed by atoms with Crippen LogP contribution in [-0.4, -0.2) is 79.9 Å². The van der Waals surface area contributed by atoms with E-state index in [0.717, 1.165) is 48.2 Å². The van der Waals surface area contributed by atoms with E-state index in [1.165, 1.54) is 4.90 Å². The van der Waals surface area contributed by atoms with Crippen LogP contribution in [0.2, 0.25) is 25.7 Å². The maximum atomic E-state index is 13.4. The minimum atomic E-state index is -1.44. The molecule has 2 aromatic rings. The fraction of sp³-hybridized carbons (Fsp3) is 0.613. The highest BCUT2D eigenvalue weighted by atomic mass is 28.3. The third kappa shape index (κ3) is 7.93. The average Bonchev–Trinajstić information content (AvgIpc) is 3.49. The number of nitrogens with zero attached hydrogens (tertiary/aromatic N) is 2. The Morgan fingerprint density at radius 2 is 1.93 bits per heavy atom. The van der Waals surface area contributed by atoms with Gasteiger partial charge in [-0.25, -0.2) is 14.4 Å². The number of benzene rings is 1. The second-order valence-electron chi connectivity index (χ2n) is 13.5. The molecule has 0 radical (unpaired) electrons. The van der Waals surface area contributed by atoms with Crippen molar-refractivity contribution in [1.82, 2.24) is 14.8 Å². The standard InChI is InChI=1S/C31H45N3O7Si/c1-31(2)13-8-7-10-21-11-9-12-24-23(21)17-25(33(24)3)29(37)41-22-16-26(28(36)39-14-15-42(4,5)6)34(19-22)27(35)18-32-30(38)40-20-31/h9,11-12,17,22,26H,7-8,10,13-16,18-20H2,1-6H3,(H,32,38)/t22-,26+/m1/s1. The average molecular weight is 600 g/mol. The second kappa shape index (κ2) is 12.9. The number of esters is 2. The van der Waals surface area contributed by atoms with Crippen LogP contribution in [0, 0.1) is 5.41 Å². The van der Waals surface area contributed by atoms with Crippen LogP contribution in [0.1, 0.15) is 55.6 Å². The number of amides is 2. The molecular weight excluding hydrogens is 554 g/mol. The van der Waals surface area contributed by atoms with E-state index in [2.05, 4.69) is 44.9 Å². The van der Waals surface area contributed by atoms with Gasteiger partial charge in [-0.1, -0.05) is 52.0 Å². The number of carbonyl (C=O) groups is 4. The van der Waals surface area contributed by atoms with Crippen molar-refractivity contribution >= 4 is 42.9 Å². The number of cyclic esters (lactones) is 1. The Morgan fingerprint density at radius 1 is 1.17 bits per heavy atom. The summed E-state index contributed by atoms with van der Waals surface area (Å²) >= 11 is 0. The summed E-state index contributed by atoms with van der Waals surface area (Å²) in [6.45, 7) is 10.8. The molecule has 42 heavy (non-hydrogen) atoms. The lowest BCUT2D eigenvalue weighted by Crippen LogP contribution is -2.46. The number of carbonyl (C=O) groups excluding carboxylic acids is 4. The Hall–Kier alpha value is -3.34. The molecule has 1 N–H and O–H groups in total. The van der Waals surface area contributed by atoms with E-state index < -0.39 is 44.2 Å². The van der Waals surface area contributed by atoms with Crippen molar-refractivity contribution in [3.05, 3.63) is 35.5 Å². The molecule has 0 unspecified atom stereocenters. The lowest BCUT2D eigenvalue weighted by molar-refractivity contribution is -0.152. The molecule has 1 saturated heterocycles. The highest BCUT2D eigenvalue weighted by molar-refractivity contribution is 6.76. The van der Waals surface area contributed by atoms with Gasteiger partial charge in [-0.05, 0) is 48.4 Å². The molecule has 1 aromatic carbocycles. The molecular formula is C31H45N3O7Si. The van der Waals surface area contributed by atoms with Crippen LogP contribution in [-0.2, 0) is 37.3 Å². The molecule has 2 aliphatic heterocycles. The minimum absolute atomic E-state index is 0.0251. The zero-order chi connectivity index (χ0) is 30.7. The van der Waals surface area contributed by atoms with Gasteiger partial charge in [-0.2, -0.15) is 0 Å². The second-order valence-corrected chi connectivity index (χ2v) is 19.2. The zero-order valence-electron chi connectivity index (χ0n) is 25.8. The lowest BCUT2D eigenvalue weighted by atomic mass is 9.87. The SMILES string of the molecule is Cn1c2cc3c(cccc31)CCCCC(C)(C)COC(=O)NCC(=O)N1C[C@@H](C[C@H]1C(=O)OCC[Si](C)(C)C)OC2=O. The Labute approximate surface area is 249 Å². The number of hydrogen-bond donors (Lipinski definition) is 1. The summed E-state index contributed by atoms with van der Waals surface area (Å²) in [6.07, 6.45) is 2.34. The van der Waals surface area contributed by atoms with Crippen molar-refractivity contribution in [3.63, 3.8) is 0 Å². The summed E-state index contributed by atoms with van der Waals surface area (Å²) in [7, 11) is 0.401. The van der Waals surface area contributed by atoms with Crippen LogP contribution in [0.3, 0.4) is 0 Å². The maximum absolute atomic E-state index is 13.4. The van der Waals surface area contributed by atoms with Gasteiger partial charge in [-0.15, -0.1) is 0 Å². The van der Waals surface area contributed by atoms with E-state index >= 15 is 0 Å². The number of aromatic nitrogens is 1. The molecule has 4 bridgehead atoms. The number of ether oxygens (including phenoxy) is 3. The summed E-state index contributed by atoms with van der Waals surface area (Å²) in [6, 6.07) is 7.82. The quantitative estimate of drug-likeness (QED) is 0.309. The highest BCUT2D eigenvalue weighted by Gasteiger charge is 2.42. The molecule has 2 aliphatic rings. The third-order valence-corrected chi connectivity index (χ3v) is 9.84. The Balaban J connectivity index is 1.59. The number of alkyl carbamates (subject to hydrolysis) is 1. The topological polar surface area (TPSA) is 116 Å². The fourth-order valence-corrected chi connectivity index (χ4v) is 6.25. The molecule has 0 aliphatic carbocycles. The number of hydrogen-bond acceptors (Lipinski definition) is 7. The first-order chi connectivity index (χ1) is 19.7. The molecule has 0 saturated carbocycles. The molecule has 10 nitrogen and oxygen atoms in total. The largest absolute Gasteiger partial charge is 0.464 e. The first-order valence-corrected chi connectivity index (χ1v) is 18.6. The van der Waals surface area contributed by atoms with E-state index in [4.69, 9.17) is 14.2 Å². The first-order valence-electron chi connectivity index (χ1n) is 14.9. The van der Waals surface area contributed by atoms with Crippen LogP contribution >= 0.6 is 0 Å². The number of aryl methyl sites for hydroxylation is 2. The van der Waals surface area contributed by atoms with Crippen molar-refractivity contribution in [3.8, 4) is 0 Å². The maximum Gasteiger partial charge on any atom is 0.407 e. The van der Waals surface area contributed by atoms with Gasteiger partial charge in [0, 0.05) is 32.4 Å². The molecule has 230 valence electrons. The molecule has 11 heteroatoms. The summed E-state index contributed by atoms with van der Waals surface area (Å²) in [4.78, 5) is 53.5. The van der Waals surface area contributed by atoms with Gasteiger partial charge in [0.1, 0.15) is 24.4 Å². The van der Waals surface area contributed by atoms with Crippen LogP contribution in [0.5, 0.6) is 0 Å². The fourth-order valence-electron chi connectivity index (χ4n) is 5.54. The Bertz CT molecular complexity index is 1330. The van der Waals surface area contributed by atoms with Gasteiger partial charge in [-0.3, -0.25) is 4.79 Å². The number of rotatable bonds is 4. The zero-order valence-corrected chi connectivity index (χ0v) is 26.8. The monoisotopic (exact) mass is 599 g/mol. The van der Waals surface area contributed by atoms with Crippen molar-refractivity contribution in [2.75, 3.05) is 26.3 Å². The summed E-state index contributed by atoms with van der Waals surface area (Å²) in [5, 5.41) is 3.52. The van der Waals surface area contributed by atoms with Gasteiger partial charge < -0.3 is 29.0 Å². The molecule has 2 amide bonds. The summed E-state index contributed by atoms with van der Waals surface area (Å²) in [5.41, 5.74) is 2.28. The van der Waals surface area contributed by atoms with Crippen molar-refractivity contribution < 1.29 is 33.4 Å². The van der Waals surface area contributed by atoms with Gasteiger partial charge in [0.05, 0.1) is 19.8 Å². The third-order valence-electron chi connectivity index (χ3n) is 8.14. The van der Waals surface area contributed by atoms with Crippen molar-refractivity contribution in [1.29, 1.82) is 0 Å². The van der Waals surface area contributed by atoms with Gasteiger partial charge >= 0.3 is 18.0 Å². The summed E-state index contributed by atoms with van der Waals surface area (Å²) in [5.74, 6) is -1.51. The van der Waals surface area contributed by atoms with Gasteiger partial charge in [0.25, 0.3) is 0 Å². The number of fused-ring (bicyclic) bond motifs is 3. The predicted molar refractivity (Wildman–Crippen MR) is 162 cm³/mol. The van der Waals surface area contributed by atoms with E-state index in [9.17, 15) is 19.2 Å². The Morgan fingerprint density at radius 3 is 2.67 bits per heavy atom. The highest BCUT2D eigenvalue weighted by Crippen LogP contribution is 2.29. The number of nitrogens with one attached hydrogen (secondary N) is 1. The molecule has 1 fully saturated rings. The molecule has 2 atom stereocenters. The van der Waals surface area contributed by atoms with E-state index in [1.54, 1.807) is 0 Å². The molecule has 3 heterocycles. The minimum Gasteiger partial charge on any atom is -0.464 e. The van der Waals surface area contributed by atoms with Crippen LogP contribution in [0.4, 0.5) is 4.79 Å². The first kappa shape index (κ1) is 31.6. The van der Waals surface area contributed by atoms with Crippen molar-refractivity contribution in [2.45, 2.75) is 83.8 Å². The van der Waals surface area contributed by atoms with E-state index in [0.29, 0.717) is 5.69 Å². The van der Waals surface area contributed by atoms with Crippen molar-refractivity contribution in [2.24, 2.45) is 12.5 Å². The lowest BCUT2D eigenvalue weighted by Gasteiger charge is -2.25. The predicted octanol–water partition coefficient (Wildman–Crippen LogP) is 4.66. The molecule has 0 spiro atoms. The van der Waals surface area contributed by atoms with Crippen LogP contribution in [0.25, 0.3) is 10.9 Å². The smallest absolute Gasteiger partial charge is 0.407 e. The summed E-state index contributed by atoms with van der Waals surface area (Å²) < 4.78 is 18.7. The molecule has 1 aromatic heterocycles. The van der Waals surface area contributed by atoms with E-state index in [1.807, 2.05) is 29.8 Å². The van der Waals surface area contributed by atoms with Gasteiger partial charge in [0.15, 0.2) is 0 Å². The van der Waals surface area contributed by atoms with Gasteiger partial charge in [0.2, 0.25) is 5.91 Å². The Kier molecular flexibility index (Phi) is 9.69. The normalized spacial score (nSPS) is 22.4. The van der Waals surface area contributed by atoms with Crippen LogP contribution in [0.15, 0.2) is 24.3 Å².